The molecule has 0 bridgehead atoms. The highest BCUT2D eigenvalue weighted by Gasteiger charge is 2.40. The van der Waals surface area contributed by atoms with Gasteiger partial charge in [-0.25, -0.2) is 18.4 Å². The largest absolute Gasteiger partial charge is 0.491 e. The first-order chi connectivity index (χ1) is 30.3. The minimum Gasteiger partial charge on any atom is -0.491 e. The Kier molecular flexibility index (Phi) is 12.6. The Labute approximate surface area is 366 Å². The summed E-state index contributed by atoms with van der Waals surface area (Å²) in [5.41, 5.74) is -2.05. The number of aromatic carboxylic acids is 2. The lowest BCUT2D eigenvalue weighted by Crippen LogP contribution is -2.36. The fraction of sp³-hybridized carbons (Fsp3) is 0.435. The molecule has 2 N–H and O–H groups in total. The minimum absolute atomic E-state index is 0.0465. The number of aromatic nitrogens is 6. The molecule has 6 aromatic rings. The molecule has 0 fully saturated rings. The molecule has 0 aliphatic carbocycles. The monoisotopic (exact) mass is 886 g/mol. The fourth-order valence-electron chi connectivity index (χ4n) is 8.36. The number of hydrogen-bond donors (Lipinski definition) is 2. The quantitative estimate of drug-likeness (QED) is 0.116. The highest BCUT2D eigenvalue weighted by atomic mass is 19.1. The maximum Gasteiger partial charge on any atom is 0.341 e. The summed E-state index contributed by atoms with van der Waals surface area (Å²) >= 11 is 0. The van der Waals surface area contributed by atoms with Crippen LogP contribution in [0.3, 0.4) is 0 Å². The van der Waals surface area contributed by atoms with Crippen LogP contribution < -0.4 is 20.3 Å². The molecule has 0 unspecified atom stereocenters. The molecule has 4 aromatic heterocycles. The van der Waals surface area contributed by atoms with E-state index in [2.05, 4.69) is 0 Å². The first kappa shape index (κ1) is 45.6. The molecule has 18 heteroatoms. The molecule has 2 aliphatic heterocycles. The number of carboxylic acid groups (broad SMARTS) is 2. The Morgan fingerprint density at radius 1 is 0.641 bits per heavy atom. The predicted octanol–water partition coefficient (Wildman–Crippen LogP) is 7.44. The number of hydrogen-bond acceptors (Lipinski definition) is 10. The van der Waals surface area contributed by atoms with Crippen molar-refractivity contribution in [3.05, 3.63) is 92.0 Å². The maximum absolute atomic E-state index is 15.5. The van der Waals surface area contributed by atoms with Crippen LogP contribution >= 0.6 is 0 Å². The molecule has 2 aromatic carbocycles. The van der Waals surface area contributed by atoms with Crippen molar-refractivity contribution in [3.63, 3.8) is 0 Å². The first-order valence-electron chi connectivity index (χ1n) is 20.9. The lowest BCUT2D eigenvalue weighted by Gasteiger charge is -2.38. The van der Waals surface area contributed by atoms with Crippen molar-refractivity contribution in [2.24, 2.45) is 10.8 Å². The molecule has 0 spiro atoms. The van der Waals surface area contributed by atoms with Crippen LogP contribution in [0.1, 0.15) is 87.2 Å². The Morgan fingerprint density at radius 3 is 1.34 bits per heavy atom. The standard InChI is InChI=1S/2C23H26FN3O5/c2*1-23(2,3)16-12-27-19(20-17(24)21(28)14(22(29)30)11-26(16)20)13-7-5-8-15(18(13)25-27)32-10-6-9-31-4/h2*5,7-8,11,16H,6,9-10,12H2,1-4H3,(H,29,30)/t2*16-/m10/s1. The topological polar surface area (TPSA) is 191 Å². The second kappa shape index (κ2) is 17.6. The lowest BCUT2D eigenvalue weighted by molar-refractivity contribution is 0.0681. The second-order valence-corrected chi connectivity index (χ2v) is 18.0. The summed E-state index contributed by atoms with van der Waals surface area (Å²) in [6, 6.07) is 10.1. The Hall–Kier alpha value is -6.40. The Morgan fingerprint density at radius 2 is 1.02 bits per heavy atom. The molecule has 0 saturated heterocycles. The molecule has 64 heavy (non-hydrogen) atoms. The van der Waals surface area contributed by atoms with Gasteiger partial charge in [0, 0.05) is 63.4 Å². The van der Waals surface area contributed by atoms with Crippen molar-refractivity contribution in [2.45, 2.75) is 79.6 Å². The van der Waals surface area contributed by atoms with Gasteiger partial charge in [-0.05, 0) is 23.0 Å². The number of pyridine rings is 2. The Bertz CT molecular complexity index is 2710. The Balaban J connectivity index is 0.000000191. The van der Waals surface area contributed by atoms with E-state index in [4.69, 9.17) is 29.1 Å². The van der Waals surface area contributed by atoms with Gasteiger partial charge in [-0.2, -0.15) is 10.2 Å². The third kappa shape index (κ3) is 8.27. The van der Waals surface area contributed by atoms with E-state index < -0.39 is 45.6 Å². The summed E-state index contributed by atoms with van der Waals surface area (Å²) in [5.74, 6) is -3.96. The highest BCUT2D eigenvalue weighted by molar-refractivity contribution is 5.98. The highest BCUT2D eigenvalue weighted by Crippen LogP contribution is 2.45. The molecule has 6 heterocycles. The van der Waals surface area contributed by atoms with Gasteiger partial charge in [0.2, 0.25) is 10.9 Å². The summed E-state index contributed by atoms with van der Waals surface area (Å²) in [5, 5.41) is 29.6. The van der Waals surface area contributed by atoms with Crippen molar-refractivity contribution in [2.75, 3.05) is 40.6 Å². The number of halogens is 2. The van der Waals surface area contributed by atoms with Crippen LogP contribution in [-0.2, 0) is 22.6 Å². The predicted molar refractivity (Wildman–Crippen MR) is 234 cm³/mol. The zero-order valence-corrected chi connectivity index (χ0v) is 37.0. The molecule has 2 aliphatic rings. The normalized spacial score (nSPS) is 15.5. The van der Waals surface area contributed by atoms with Gasteiger partial charge in [0.15, 0.2) is 11.6 Å². The van der Waals surface area contributed by atoms with Gasteiger partial charge >= 0.3 is 11.9 Å². The van der Waals surface area contributed by atoms with Gasteiger partial charge in [0.25, 0.3) is 0 Å². The van der Waals surface area contributed by atoms with E-state index in [1.54, 1.807) is 69.1 Å². The van der Waals surface area contributed by atoms with Gasteiger partial charge in [0.05, 0.1) is 49.8 Å². The van der Waals surface area contributed by atoms with Crippen LogP contribution in [0.4, 0.5) is 8.78 Å². The number of nitrogens with zero attached hydrogens (tertiary/aromatic N) is 6. The molecule has 2 atom stereocenters. The number of methoxy groups -OCH3 is 2. The number of benzene rings is 2. The third-order valence-electron chi connectivity index (χ3n) is 11.6. The van der Waals surface area contributed by atoms with Crippen molar-refractivity contribution in [3.8, 4) is 34.3 Å². The number of carbonyl (C=O) groups is 2. The van der Waals surface area contributed by atoms with Gasteiger partial charge < -0.3 is 38.3 Å². The summed E-state index contributed by atoms with van der Waals surface area (Å²) in [6.07, 6.45) is 3.92. The molecule has 0 amide bonds. The van der Waals surface area contributed by atoms with Gasteiger partial charge in [0.1, 0.15) is 45.0 Å². The molecule has 16 nitrogen and oxygen atoms in total. The molecular formula is C46H52F2N6O10. The van der Waals surface area contributed by atoms with Crippen LogP contribution in [-0.4, -0.2) is 91.5 Å². The smallest absolute Gasteiger partial charge is 0.341 e. The van der Waals surface area contributed by atoms with Gasteiger partial charge in [-0.3, -0.25) is 19.0 Å². The van der Waals surface area contributed by atoms with Gasteiger partial charge in [-0.15, -0.1) is 0 Å². The molecule has 8 rings (SSSR count). The van der Waals surface area contributed by atoms with E-state index in [-0.39, 0.29) is 34.3 Å². The van der Waals surface area contributed by atoms with Crippen LogP contribution in [0, 0.1) is 22.5 Å². The number of rotatable bonds is 12. The average molecular weight is 887 g/mol. The van der Waals surface area contributed by atoms with E-state index in [9.17, 15) is 29.4 Å². The molecule has 0 saturated carbocycles. The first-order valence-corrected chi connectivity index (χ1v) is 20.9. The van der Waals surface area contributed by atoms with E-state index in [1.807, 2.05) is 41.5 Å². The van der Waals surface area contributed by atoms with E-state index in [1.165, 1.54) is 12.4 Å². The van der Waals surface area contributed by atoms with Crippen LogP contribution in [0.15, 0.2) is 58.4 Å². The fourth-order valence-corrected chi connectivity index (χ4v) is 8.36. The SMILES string of the molecule is COCCCOc1cccc2c3n(nc12)C[C@@H](C(C)(C)C)n1cc(C(=O)O)c(=O)c(F)c1-3.COCCCOc1cccc2c3n(nc12)C[C@H](C(C)(C)C)n1cc(C(=O)O)c(=O)c(F)c1-3. The number of ether oxygens (including phenoxy) is 4. The molecule has 340 valence electrons. The van der Waals surface area contributed by atoms with Gasteiger partial charge in [-0.1, -0.05) is 65.8 Å². The summed E-state index contributed by atoms with van der Waals surface area (Å²) in [4.78, 5) is 48.3. The summed E-state index contributed by atoms with van der Waals surface area (Å²) < 4.78 is 59.4. The van der Waals surface area contributed by atoms with Crippen molar-refractivity contribution < 1.29 is 47.5 Å². The van der Waals surface area contributed by atoms with Crippen LogP contribution in [0.5, 0.6) is 11.5 Å². The summed E-state index contributed by atoms with van der Waals surface area (Å²) in [6.45, 7) is 14.7. The van der Waals surface area contributed by atoms with E-state index in [0.29, 0.717) is 97.1 Å². The number of carboxylic acids is 2. The third-order valence-corrected chi connectivity index (χ3v) is 11.6. The van der Waals surface area contributed by atoms with Crippen molar-refractivity contribution in [1.82, 2.24) is 28.7 Å². The average Bonchev–Trinajstić information content (AvgIpc) is 3.81. The number of fused-ring (bicyclic) bond motifs is 10. The second-order valence-electron chi connectivity index (χ2n) is 18.0. The van der Waals surface area contributed by atoms with Crippen LogP contribution in [0.25, 0.3) is 44.6 Å². The maximum atomic E-state index is 15.5. The van der Waals surface area contributed by atoms with E-state index in [0.717, 1.165) is 0 Å². The van der Waals surface area contributed by atoms with Crippen LogP contribution in [0.2, 0.25) is 0 Å². The zero-order chi connectivity index (χ0) is 46.4. The van der Waals surface area contributed by atoms with E-state index >= 15 is 8.78 Å². The van der Waals surface area contributed by atoms with Crippen molar-refractivity contribution in [1.29, 1.82) is 0 Å². The summed E-state index contributed by atoms with van der Waals surface area (Å²) in [7, 11) is 3.25. The molecule has 0 radical (unpaired) electrons. The minimum atomic E-state index is -1.45. The molecular weight excluding hydrogens is 835 g/mol. The van der Waals surface area contributed by atoms with Crippen molar-refractivity contribution >= 4 is 33.7 Å². The lowest BCUT2D eigenvalue weighted by atomic mass is 9.84. The zero-order valence-electron chi connectivity index (χ0n) is 37.0.